The molecule has 1 unspecified atom stereocenters. The van der Waals surface area contributed by atoms with Crippen LogP contribution < -0.4 is 10.1 Å². The molecule has 0 aliphatic carbocycles. The van der Waals surface area contributed by atoms with Crippen LogP contribution in [0.4, 0.5) is 0 Å². The quantitative estimate of drug-likeness (QED) is 0.858. The molecule has 0 bridgehead atoms. The topological polar surface area (TPSA) is 60.5 Å². The Morgan fingerprint density at radius 2 is 2.50 bits per heavy atom. The maximum Gasteiger partial charge on any atom is 0.252 e. The highest BCUT2D eigenvalue weighted by Gasteiger charge is 2.16. The molecule has 0 spiro atoms. The number of nitrogens with zero attached hydrogens (tertiary/aromatic N) is 1. The number of hydrogen-bond acceptors (Lipinski definition) is 4. The lowest BCUT2D eigenvalue weighted by Crippen LogP contribution is -2.31. The van der Waals surface area contributed by atoms with Gasteiger partial charge in [0, 0.05) is 25.4 Å². The minimum absolute atomic E-state index is 0.124. The summed E-state index contributed by atoms with van der Waals surface area (Å²) in [6, 6.07) is 3.41. The first-order chi connectivity index (χ1) is 8.79. The molecule has 5 heteroatoms. The number of ether oxygens (including phenoxy) is 2. The van der Waals surface area contributed by atoms with Crippen molar-refractivity contribution in [3.8, 4) is 5.88 Å². The smallest absolute Gasteiger partial charge is 0.252 e. The summed E-state index contributed by atoms with van der Waals surface area (Å²) in [6.07, 6.45) is 3.77. The average Bonchev–Trinajstić information content (AvgIpc) is 2.90. The van der Waals surface area contributed by atoms with Crippen LogP contribution in [0.5, 0.6) is 5.88 Å². The summed E-state index contributed by atoms with van der Waals surface area (Å²) in [7, 11) is 0. The highest BCUT2D eigenvalue weighted by Crippen LogP contribution is 2.11. The molecule has 1 N–H and O–H groups in total. The molecule has 0 saturated carbocycles. The Labute approximate surface area is 107 Å². The van der Waals surface area contributed by atoms with Crippen molar-refractivity contribution in [3.63, 3.8) is 0 Å². The fourth-order valence-corrected chi connectivity index (χ4v) is 1.86. The molecule has 1 amide bonds. The molecular formula is C13H18N2O3. The molecule has 2 heterocycles. The lowest BCUT2D eigenvalue weighted by Gasteiger charge is -2.10. The van der Waals surface area contributed by atoms with E-state index in [1.807, 2.05) is 6.92 Å². The fourth-order valence-electron chi connectivity index (χ4n) is 1.86. The van der Waals surface area contributed by atoms with Gasteiger partial charge in [-0.1, -0.05) is 0 Å². The van der Waals surface area contributed by atoms with Gasteiger partial charge in [0.05, 0.1) is 18.3 Å². The van der Waals surface area contributed by atoms with E-state index in [1.54, 1.807) is 12.1 Å². The van der Waals surface area contributed by atoms with Gasteiger partial charge in [-0.2, -0.15) is 0 Å². The Morgan fingerprint density at radius 3 is 3.11 bits per heavy atom. The number of hydrogen-bond donors (Lipinski definition) is 1. The second-order valence-electron chi connectivity index (χ2n) is 4.16. The van der Waals surface area contributed by atoms with Crippen molar-refractivity contribution in [1.82, 2.24) is 10.3 Å². The summed E-state index contributed by atoms with van der Waals surface area (Å²) < 4.78 is 10.7. The SMILES string of the molecule is CCOc1ccc(C(=O)NCC2CCCO2)cn1. The van der Waals surface area contributed by atoms with E-state index in [0.717, 1.165) is 19.4 Å². The number of rotatable bonds is 5. The van der Waals surface area contributed by atoms with Crippen LogP contribution in [0.1, 0.15) is 30.1 Å². The lowest BCUT2D eigenvalue weighted by molar-refractivity contribution is 0.0857. The minimum Gasteiger partial charge on any atom is -0.478 e. The van der Waals surface area contributed by atoms with Crippen molar-refractivity contribution in [3.05, 3.63) is 23.9 Å². The van der Waals surface area contributed by atoms with Crippen LogP contribution in [0.2, 0.25) is 0 Å². The first kappa shape index (κ1) is 12.8. The molecule has 1 aliphatic rings. The van der Waals surface area contributed by atoms with Gasteiger partial charge >= 0.3 is 0 Å². The van der Waals surface area contributed by atoms with Gasteiger partial charge in [-0.3, -0.25) is 4.79 Å². The molecular weight excluding hydrogens is 232 g/mol. The Bertz CT molecular complexity index is 386. The first-order valence-electron chi connectivity index (χ1n) is 6.28. The molecule has 1 fully saturated rings. The lowest BCUT2D eigenvalue weighted by atomic mass is 10.2. The van der Waals surface area contributed by atoms with E-state index in [0.29, 0.717) is 24.6 Å². The molecule has 0 aromatic carbocycles. The monoisotopic (exact) mass is 250 g/mol. The molecule has 1 aromatic rings. The van der Waals surface area contributed by atoms with Gasteiger partial charge in [0.15, 0.2) is 0 Å². The number of carbonyl (C=O) groups excluding carboxylic acids is 1. The molecule has 18 heavy (non-hydrogen) atoms. The molecule has 0 radical (unpaired) electrons. The number of aromatic nitrogens is 1. The Kier molecular flexibility index (Phi) is 4.52. The minimum atomic E-state index is -0.124. The average molecular weight is 250 g/mol. The zero-order chi connectivity index (χ0) is 12.8. The van der Waals surface area contributed by atoms with E-state index in [4.69, 9.17) is 9.47 Å². The zero-order valence-electron chi connectivity index (χ0n) is 10.5. The van der Waals surface area contributed by atoms with Crippen LogP contribution in [0.25, 0.3) is 0 Å². The van der Waals surface area contributed by atoms with E-state index < -0.39 is 0 Å². The highest BCUT2D eigenvalue weighted by molar-refractivity contribution is 5.93. The molecule has 1 atom stereocenters. The van der Waals surface area contributed by atoms with E-state index in [-0.39, 0.29) is 12.0 Å². The summed E-state index contributed by atoms with van der Waals surface area (Å²) in [6.45, 7) is 3.82. The summed E-state index contributed by atoms with van der Waals surface area (Å²) in [5, 5.41) is 2.85. The summed E-state index contributed by atoms with van der Waals surface area (Å²) >= 11 is 0. The van der Waals surface area contributed by atoms with Gasteiger partial charge in [-0.15, -0.1) is 0 Å². The molecule has 2 rings (SSSR count). The van der Waals surface area contributed by atoms with Gasteiger partial charge in [0.2, 0.25) is 5.88 Å². The Morgan fingerprint density at radius 1 is 1.61 bits per heavy atom. The predicted octanol–water partition coefficient (Wildman–Crippen LogP) is 1.39. The second kappa shape index (κ2) is 6.35. The molecule has 1 aromatic heterocycles. The Balaban J connectivity index is 1.83. The predicted molar refractivity (Wildman–Crippen MR) is 66.7 cm³/mol. The maximum absolute atomic E-state index is 11.8. The van der Waals surface area contributed by atoms with Crippen molar-refractivity contribution >= 4 is 5.91 Å². The summed E-state index contributed by atoms with van der Waals surface area (Å²) in [5.41, 5.74) is 0.538. The molecule has 1 saturated heterocycles. The Hall–Kier alpha value is -1.62. The number of nitrogens with one attached hydrogen (secondary N) is 1. The van der Waals surface area contributed by atoms with Crippen molar-refractivity contribution in [2.45, 2.75) is 25.9 Å². The number of carbonyl (C=O) groups is 1. The standard InChI is InChI=1S/C13H18N2O3/c1-2-17-12-6-5-10(8-14-12)13(16)15-9-11-4-3-7-18-11/h5-6,8,11H,2-4,7,9H2,1H3,(H,15,16). The third kappa shape index (κ3) is 3.43. The van der Waals surface area contributed by atoms with Crippen LogP contribution in [-0.4, -0.2) is 36.8 Å². The first-order valence-corrected chi connectivity index (χ1v) is 6.28. The normalized spacial score (nSPS) is 18.6. The van der Waals surface area contributed by atoms with E-state index in [2.05, 4.69) is 10.3 Å². The summed E-state index contributed by atoms with van der Waals surface area (Å²) in [5.74, 6) is 0.411. The zero-order valence-corrected chi connectivity index (χ0v) is 10.5. The van der Waals surface area contributed by atoms with Gasteiger partial charge < -0.3 is 14.8 Å². The van der Waals surface area contributed by atoms with Gasteiger partial charge in [-0.05, 0) is 25.8 Å². The van der Waals surface area contributed by atoms with Crippen LogP contribution in [0, 0.1) is 0 Å². The van der Waals surface area contributed by atoms with Crippen LogP contribution in [-0.2, 0) is 4.74 Å². The third-order valence-corrected chi connectivity index (χ3v) is 2.81. The highest BCUT2D eigenvalue weighted by atomic mass is 16.5. The van der Waals surface area contributed by atoms with Crippen LogP contribution >= 0.6 is 0 Å². The third-order valence-electron chi connectivity index (χ3n) is 2.81. The molecule has 5 nitrogen and oxygen atoms in total. The van der Waals surface area contributed by atoms with Crippen LogP contribution in [0.15, 0.2) is 18.3 Å². The second-order valence-corrected chi connectivity index (χ2v) is 4.16. The largest absolute Gasteiger partial charge is 0.478 e. The number of amides is 1. The van der Waals surface area contributed by atoms with E-state index in [1.165, 1.54) is 6.20 Å². The van der Waals surface area contributed by atoms with Crippen molar-refractivity contribution in [2.75, 3.05) is 19.8 Å². The van der Waals surface area contributed by atoms with E-state index in [9.17, 15) is 4.79 Å². The molecule has 98 valence electrons. The maximum atomic E-state index is 11.8. The van der Waals surface area contributed by atoms with Crippen molar-refractivity contribution in [2.24, 2.45) is 0 Å². The van der Waals surface area contributed by atoms with Crippen molar-refractivity contribution < 1.29 is 14.3 Å². The van der Waals surface area contributed by atoms with E-state index >= 15 is 0 Å². The van der Waals surface area contributed by atoms with Crippen LogP contribution in [0.3, 0.4) is 0 Å². The fraction of sp³-hybridized carbons (Fsp3) is 0.538. The van der Waals surface area contributed by atoms with Crippen molar-refractivity contribution in [1.29, 1.82) is 0 Å². The van der Waals surface area contributed by atoms with Gasteiger partial charge in [-0.25, -0.2) is 4.98 Å². The van der Waals surface area contributed by atoms with Gasteiger partial charge in [0.25, 0.3) is 5.91 Å². The molecule has 1 aliphatic heterocycles. The number of pyridine rings is 1. The summed E-state index contributed by atoms with van der Waals surface area (Å²) in [4.78, 5) is 15.9. The van der Waals surface area contributed by atoms with Gasteiger partial charge in [0.1, 0.15) is 0 Å².